The van der Waals surface area contributed by atoms with Crippen LogP contribution >= 0.6 is 11.3 Å². The molecule has 30 heavy (non-hydrogen) atoms. The van der Waals surface area contributed by atoms with E-state index in [1.165, 1.54) is 11.3 Å². The Morgan fingerprint density at radius 2 is 1.67 bits per heavy atom. The first kappa shape index (κ1) is 21.8. The minimum absolute atomic E-state index is 0.137. The van der Waals surface area contributed by atoms with Crippen LogP contribution in [0, 0.1) is 0 Å². The third-order valence-corrected chi connectivity index (χ3v) is 5.35. The van der Waals surface area contributed by atoms with Crippen LogP contribution in [0.5, 0.6) is 0 Å². The summed E-state index contributed by atoms with van der Waals surface area (Å²) in [5, 5.41) is 12.4. The Balaban J connectivity index is 1.83. The second-order valence-corrected chi connectivity index (χ2v) is 10.2. The summed E-state index contributed by atoms with van der Waals surface area (Å²) in [5.41, 5.74) is 1.51. The summed E-state index contributed by atoms with van der Waals surface area (Å²) < 4.78 is 1.84. The lowest BCUT2D eigenvalue weighted by molar-refractivity contribution is 0.101. The second-order valence-electron chi connectivity index (χ2n) is 9.21. The number of carbonyl (C=O) groups is 2. The maximum absolute atomic E-state index is 13.0. The molecule has 2 N–H and O–H groups in total. The van der Waals surface area contributed by atoms with Gasteiger partial charge < -0.3 is 10.6 Å². The monoisotopic (exact) mass is 424 g/mol. The zero-order valence-corrected chi connectivity index (χ0v) is 19.1. The summed E-state index contributed by atoms with van der Waals surface area (Å²) in [6.07, 6.45) is 0. The molecule has 0 fully saturated rings. The molecule has 0 saturated carbocycles. The second kappa shape index (κ2) is 8.07. The molecule has 0 aliphatic heterocycles. The van der Waals surface area contributed by atoms with Crippen LogP contribution in [0.1, 0.15) is 67.3 Å². The van der Waals surface area contributed by atoms with Crippen molar-refractivity contribution in [2.75, 3.05) is 10.6 Å². The van der Waals surface area contributed by atoms with Gasteiger partial charge in [-0.05, 0) is 50.4 Å². The minimum Gasteiger partial charge on any atom is -0.321 e. The molecule has 7 heteroatoms. The molecule has 2 amide bonds. The van der Waals surface area contributed by atoms with Gasteiger partial charge in [-0.15, -0.1) is 11.3 Å². The molecule has 0 spiro atoms. The summed E-state index contributed by atoms with van der Waals surface area (Å²) in [7, 11) is 0. The molecule has 0 atom stereocenters. The highest BCUT2D eigenvalue weighted by Gasteiger charge is 2.26. The maximum Gasteiger partial charge on any atom is 0.265 e. The third-order valence-electron chi connectivity index (χ3n) is 4.48. The van der Waals surface area contributed by atoms with E-state index >= 15 is 0 Å². The molecule has 0 radical (unpaired) electrons. The van der Waals surface area contributed by atoms with Crippen LogP contribution in [0.25, 0.3) is 0 Å². The van der Waals surface area contributed by atoms with Crippen LogP contribution in [0.2, 0.25) is 0 Å². The quantitative estimate of drug-likeness (QED) is 0.580. The van der Waals surface area contributed by atoms with E-state index in [4.69, 9.17) is 5.10 Å². The Kier molecular flexibility index (Phi) is 5.85. The Morgan fingerprint density at radius 3 is 2.27 bits per heavy atom. The zero-order chi connectivity index (χ0) is 22.1. The van der Waals surface area contributed by atoms with E-state index in [9.17, 15) is 9.59 Å². The van der Waals surface area contributed by atoms with Gasteiger partial charge in [-0.3, -0.25) is 9.59 Å². The number of aromatic nitrogens is 2. The normalized spacial score (nSPS) is 11.9. The average molecular weight is 425 g/mol. The molecular formula is C23H28N4O2S. The average Bonchev–Trinajstić information content (AvgIpc) is 3.31. The molecule has 0 unspecified atom stereocenters. The van der Waals surface area contributed by atoms with Gasteiger partial charge in [0.05, 0.1) is 16.1 Å². The Bertz CT molecular complexity index is 1050. The maximum atomic E-state index is 13.0. The topological polar surface area (TPSA) is 76.0 Å². The number of nitrogens with one attached hydrogen (secondary N) is 2. The summed E-state index contributed by atoms with van der Waals surface area (Å²) in [4.78, 5) is 25.9. The van der Waals surface area contributed by atoms with Gasteiger partial charge in [0, 0.05) is 22.7 Å². The highest BCUT2D eigenvalue weighted by Crippen LogP contribution is 2.28. The fraction of sp³-hybridized carbons (Fsp3) is 0.348. The standard InChI is InChI=1S/C23H28N4O2S/c1-22(2,3)18-14-19(27(26-18)23(4,5)6)25-20(28)15-9-7-10-16(13-15)24-21(29)17-11-8-12-30-17/h7-14H,1-6H3,(H,24,29)(H,25,28). The molecule has 0 bridgehead atoms. The van der Waals surface area contributed by atoms with Crippen molar-refractivity contribution in [3.63, 3.8) is 0 Å². The summed E-state index contributed by atoms with van der Waals surface area (Å²) in [6.45, 7) is 12.4. The first-order valence-corrected chi connectivity index (χ1v) is 10.7. The Morgan fingerprint density at radius 1 is 0.933 bits per heavy atom. The number of thiophene rings is 1. The molecular weight excluding hydrogens is 396 g/mol. The molecule has 1 aromatic carbocycles. The molecule has 2 heterocycles. The summed E-state index contributed by atoms with van der Waals surface area (Å²) in [5.74, 6) is 0.196. The number of nitrogens with zero attached hydrogens (tertiary/aromatic N) is 2. The summed E-state index contributed by atoms with van der Waals surface area (Å²) in [6, 6.07) is 12.4. The lowest BCUT2D eigenvalue weighted by Crippen LogP contribution is -2.27. The highest BCUT2D eigenvalue weighted by molar-refractivity contribution is 7.12. The number of rotatable bonds is 4. The van der Waals surface area contributed by atoms with Crippen molar-refractivity contribution in [1.29, 1.82) is 0 Å². The van der Waals surface area contributed by atoms with Crippen LogP contribution < -0.4 is 10.6 Å². The molecule has 158 valence electrons. The molecule has 0 saturated heterocycles. The van der Waals surface area contributed by atoms with E-state index in [2.05, 4.69) is 31.4 Å². The first-order chi connectivity index (χ1) is 13.9. The van der Waals surface area contributed by atoms with Crippen molar-refractivity contribution in [2.45, 2.75) is 52.5 Å². The van der Waals surface area contributed by atoms with E-state index in [-0.39, 0.29) is 22.8 Å². The SMILES string of the molecule is CC(C)(C)c1cc(NC(=O)c2cccc(NC(=O)c3cccs3)c2)n(C(C)(C)C)n1. The van der Waals surface area contributed by atoms with E-state index in [0.29, 0.717) is 21.9 Å². The predicted molar refractivity (Wildman–Crippen MR) is 123 cm³/mol. The van der Waals surface area contributed by atoms with Gasteiger partial charge in [0.15, 0.2) is 0 Å². The first-order valence-electron chi connectivity index (χ1n) is 9.82. The van der Waals surface area contributed by atoms with Crippen LogP contribution in [0.4, 0.5) is 11.5 Å². The van der Waals surface area contributed by atoms with Gasteiger partial charge >= 0.3 is 0 Å². The number of anilines is 2. The fourth-order valence-electron chi connectivity index (χ4n) is 2.88. The number of carbonyl (C=O) groups excluding carboxylic acids is 2. The number of hydrogen-bond donors (Lipinski definition) is 2. The molecule has 0 aliphatic rings. The van der Waals surface area contributed by atoms with E-state index in [0.717, 1.165) is 5.69 Å². The van der Waals surface area contributed by atoms with Gasteiger partial charge in [-0.1, -0.05) is 32.9 Å². The van der Waals surface area contributed by atoms with Crippen LogP contribution in [-0.2, 0) is 11.0 Å². The Labute approximate surface area is 181 Å². The molecule has 3 rings (SSSR count). The van der Waals surface area contributed by atoms with Gasteiger partial charge in [-0.2, -0.15) is 5.10 Å². The van der Waals surface area contributed by atoms with Crippen molar-refractivity contribution in [2.24, 2.45) is 0 Å². The molecule has 3 aromatic rings. The van der Waals surface area contributed by atoms with Gasteiger partial charge in [0.1, 0.15) is 5.82 Å². The fourth-order valence-corrected chi connectivity index (χ4v) is 3.49. The number of hydrogen-bond acceptors (Lipinski definition) is 4. The van der Waals surface area contributed by atoms with Crippen molar-refractivity contribution < 1.29 is 9.59 Å². The van der Waals surface area contributed by atoms with Crippen LogP contribution in [-0.4, -0.2) is 21.6 Å². The van der Waals surface area contributed by atoms with Crippen LogP contribution in [0.3, 0.4) is 0 Å². The number of amides is 2. The molecule has 0 aliphatic carbocycles. The van der Waals surface area contributed by atoms with Crippen molar-refractivity contribution >= 4 is 34.7 Å². The van der Waals surface area contributed by atoms with Crippen molar-refractivity contribution in [3.8, 4) is 0 Å². The lowest BCUT2D eigenvalue weighted by atomic mass is 9.92. The van der Waals surface area contributed by atoms with Crippen molar-refractivity contribution in [1.82, 2.24) is 9.78 Å². The lowest BCUT2D eigenvalue weighted by Gasteiger charge is -2.23. The van der Waals surface area contributed by atoms with E-state index in [1.807, 2.05) is 43.0 Å². The predicted octanol–water partition coefficient (Wildman–Crippen LogP) is 5.50. The van der Waals surface area contributed by atoms with Gasteiger partial charge in [0.25, 0.3) is 11.8 Å². The largest absolute Gasteiger partial charge is 0.321 e. The van der Waals surface area contributed by atoms with Gasteiger partial charge in [-0.25, -0.2) is 4.68 Å². The van der Waals surface area contributed by atoms with Crippen LogP contribution in [0.15, 0.2) is 47.8 Å². The molecule has 6 nitrogen and oxygen atoms in total. The highest BCUT2D eigenvalue weighted by atomic mass is 32.1. The minimum atomic E-state index is -0.289. The van der Waals surface area contributed by atoms with Crippen molar-refractivity contribution in [3.05, 3.63) is 64.0 Å². The van der Waals surface area contributed by atoms with E-state index in [1.54, 1.807) is 30.3 Å². The van der Waals surface area contributed by atoms with E-state index < -0.39 is 0 Å². The van der Waals surface area contributed by atoms with Gasteiger partial charge in [0.2, 0.25) is 0 Å². The smallest absolute Gasteiger partial charge is 0.265 e. The Hall–Kier alpha value is -2.93. The summed E-state index contributed by atoms with van der Waals surface area (Å²) >= 11 is 1.37. The third kappa shape index (κ3) is 4.97. The zero-order valence-electron chi connectivity index (χ0n) is 18.2. The molecule has 2 aromatic heterocycles. The number of benzene rings is 1.